The van der Waals surface area contributed by atoms with Crippen molar-refractivity contribution in [3.63, 3.8) is 0 Å². The molecule has 0 spiro atoms. The van der Waals surface area contributed by atoms with Crippen LogP contribution in [0.5, 0.6) is 0 Å². The molecule has 1 fully saturated rings. The third-order valence-electron chi connectivity index (χ3n) is 4.03. The number of likely N-dealkylation sites (N-methyl/N-ethyl adjacent to an activating group) is 1. The van der Waals surface area contributed by atoms with E-state index in [1.165, 1.54) is 6.42 Å². The van der Waals surface area contributed by atoms with Gasteiger partial charge in [0.1, 0.15) is 5.84 Å². The molecule has 0 saturated carbocycles. The third kappa shape index (κ3) is 2.89. The number of amidine groups is 1. The number of hydrogen-bond acceptors (Lipinski definition) is 3. The number of anilines is 1. The molecule has 0 bridgehead atoms. The van der Waals surface area contributed by atoms with Gasteiger partial charge in [0.2, 0.25) is 0 Å². The van der Waals surface area contributed by atoms with Crippen LogP contribution in [-0.4, -0.2) is 43.0 Å². The second-order valence-corrected chi connectivity index (χ2v) is 5.04. The molecule has 1 aromatic rings. The Kier molecular flexibility index (Phi) is 4.43. The first-order valence-electron chi connectivity index (χ1n) is 7.09. The lowest BCUT2D eigenvalue weighted by Crippen LogP contribution is -2.37. The Morgan fingerprint density at radius 2 is 2.05 bits per heavy atom. The van der Waals surface area contributed by atoms with Crippen molar-refractivity contribution < 1.29 is 0 Å². The molecular formula is C15H24N4. The van der Waals surface area contributed by atoms with Gasteiger partial charge in [0.15, 0.2) is 0 Å². The molecule has 4 nitrogen and oxygen atoms in total. The lowest BCUT2D eigenvalue weighted by molar-refractivity contribution is 0.232. The lowest BCUT2D eigenvalue weighted by atomic mass is 10.1. The highest BCUT2D eigenvalue weighted by Gasteiger charge is 2.27. The van der Waals surface area contributed by atoms with Gasteiger partial charge < -0.3 is 10.6 Å². The van der Waals surface area contributed by atoms with E-state index in [0.29, 0.717) is 6.04 Å². The van der Waals surface area contributed by atoms with Crippen molar-refractivity contribution in [1.82, 2.24) is 4.90 Å². The van der Waals surface area contributed by atoms with Crippen LogP contribution in [0.15, 0.2) is 24.3 Å². The van der Waals surface area contributed by atoms with Crippen molar-refractivity contribution in [3.8, 4) is 0 Å². The molecular weight excluding hydrogens is 236 g/mol. The van der Waals surface area contributed by atoms with E-state index in [4.69, 9.17) is 11.1 Å². The predicted molar refractivity (Wildman–Crippen MR) is 81.0 cm³/mol. The molecule has 19 heavy (non-hydrogen) atoms. The molecule has 0 amide bonds. The lowest BCUT2D eigenvalue weighted by Gasteiger charge is -2.27. The third-order valence-corrected chi connectivity index (χ3v) is 4.03. The number of rotatable bonds is 5. The van der Waals surface area contributed by atoms with Gasteiger partial charge in [0, 0.05) is 30.4 Å². The van der Waals surface area contributed by atoms with E-state index >= 15 is 0 Å². The highest BCUT2D eigenvalue weighted by Crippen LogP contribution is 2.26. The van der Waals surface area contributed by atoms with Gasteiger partial charge in [0.25, 0.3) is 0 Å². The predicted octanol–water partition coefficient (Wildman–Crippen LogP) is 1.89. The molecule has 0 aliphatic carbocycles. The standard InChI is InChI=1S/C15H24N4/c1-3-18(4-2)12-9-10-19(11-12)14-8-6-5-7-13(14)15(16)17/h5-8,12H,3-4,9-11H2,1-2H3,(H3,16,17). The number of nitrogen functional groups attached to an aromatic ring is 1. The van der Waals surface area contributed by atoms with Crippen LogP contribution < -0.4 is 10.6 Å². The molecule has 3 N–H and O–H groups in total. The van der Waals surface area contributed by atoms with Crippen molar-refractivity contribution in [3.05, 3.63) is 29.8 Å². The molecule has 1 saturated heterocycles. The van der Waals surface area contributed by atoms with Gasteiger partial charge in [-0.2, -0.15) is 0 Å². The largest absolute Gasteiger partial charge is 0.384 e. The number of hydrogen-bond donors (Lipinski definition) is 2. The molecule has 0 aromatic heterocycles. The summed E-state index contributed by atoms with van der Waals surface area (Å²) < 4.78 is 0. The molecule has 1 aliphatic rings. The first kappa shape index (κ1) is 13.9. The Hall–Kier alpha value is -1.55. The van der Waals surface area contributed by atoms with E-state index in [-0.39, 0.29) is 5.84 Å². The molecule has 2 rings (SSSR count). The monoisotopic (exact) mass is 260 g/mol. The molecule has 1 aromatic carbocycles. The Bertz CT molecular complexity index is 440. The molecule has 4 heteroatoms. The van der Waals surface area contributed by atoms with Gasteiger partial charge in [-0.25, -0.2) is 0 Å². The highest BCUT2D eigenvalue weighted by atomic mass is 15.3. The second-order valence-electron chi connectivity index (χ2n) is 5.04. The average molecular weight is 260 g/mol. The van der Waals surface area contributed by atoms with E-state index in [1.807, 2.05) is 18.2 Å². The summed E-state index contributed by atoms with van der Waals surface area (Å²) in [7, 11) is 0. The average Bonchev–Trinajstić information content (AvgIpc) is 2.89. The summed E-state index contributed by atoms with van der Waals surface area (Å²) in [4.78, 5) is 4.87. The quantitative estimate of drug-likeness (QED) is 0.628. The Morgan fingerprint density at radius 3 is 2.68 bits per heavy atom. The topological polar surface area (TPSA) is 56.4 Å². The van der Waals surface area contributed by atoms with Crippen LogP contribution in [0.25, 0.3) is 0 Å². The Morgan fingerprint density at radius 1 is 1.37 bits per heavy atom. The highest BCUT2D eigenvalue weighted by molar-refractivity contribution is 6.00. The summed E-state index contributed by atoms with van der Waals surface area (Å²) in [6.07, 6.45) is 1.19. The molecule has 1 heterocycles. The van der Waals surface area contributed by atoms with Crippen molar-refractivity contribution in [2.24, 2.45) is 5.73 Å². The maximum absolute atomic E-state index is 7.69. The maximum atomic E-state index is 7.69. The van der Waals surface area contributed by atoms with Crippen LogP contribution in [0.2, 0.25) is 0 Å². The second kappa shape index (κ2) is 6.06. The van der Waals surface area contributed by atoms with Gasteiger partial charge in [0.05, 0.1) is 0 Å². The zero-order chi connectivity index (χ0) is 13.8. The van der Waals surface area contributed by atoms with E-state index in [2.05, 4.69) is 29.7 Å². The van der Waals surface area contributed by atoms with Crippen LogP contribution in [-0.2, 0) is 0 Å². The normalized spacial score (nSPS) is 19.1. The van der Waals surface area contributed by atoms with Gasteiger partial charge in [-0.15, -0.1) is 0 Å². The van der Waals surface area contributed by atoms with Gasteiger partial charge >= 0.3 is 0 Å². The number of benzene rings is 1. The Labute approximate surface area is 115 Å². The van der Waals surface area contributed by atoms with Crippen LogP contribution in [0.1, 0.15) is 25.8 Å². The first-order valence-corrected chi connectivity index (χ1v) is 7.09. The maximum Gasteiger partial charge on any atom is 0.124 e. The zero-order valence-electron chi connectivity index (χ0n) is 11.9. The van der Waals surface area contributed by atoms with Crippen LogP contribution in [0, 0.1) is 5.41 Å². The van der Waals surface area contributed by atoms with Gasteiger partial charge in [-0.3, -0.25) is 10.3 Å². The first-order chi connectivity index (χ1) is 9.17. The van der Waals surface area contributed by atoms with Crippen molar-refractivity contribution in [2.75, 3.05) is 31.1 Å². The fourth-order valence-electron chi connectivity index (χ4n) is 2.98. The molecule has 104 valence electrons. The molecule has 1 unspecified atom stereocenters. The molecule has 1 atom stereocenters. The number of para-hydroxylation sites is 1. The Balaban J connectivity index is 2.15. The van der Waals surface area contributed by atoms with E-state index in [1.54, 1.807) is 0 Å². The summed E-state index contributed by atoms with van der Waals surface area (Å²) in [5, 5.41) is 7.69. The molecule has 1 aliphatic heterocycles. The van der Waals surface area contributed by atoms with Crippen LogP contribution in [0.4, 0.5) is 5.69 Å². The SMILES string of the molecule is CCN(CC)C1CCN(c2ccccc2C(=N)N)C1. The van der Waals surface area contributed by atoms with Crippen LogP contribution >= 0.6 is 0 Å². The van der Waals surface area contributed by atoms with Crippen molar-refractivity contribution in [1.29, 1.82) is 5.41 Å². The van der Waals surface area contributed by atoms with Gasteiger partial charge in [-0.05, 0) is 31.6 Å². The number of nitrogens with one attached hydrogen (secondary N) is 1. The van der Waals surface area contributed by atoms with Crippen LogP contribution in [0.3, 0.4) is 0 Å². The minimum atomic E-state index is 0.155. The molecule has 0 radical (unpaired) electrons. The van der Waals surface area contributed by atoms with E-state index in [9.17, 15) is 0 Å². The zero-order valence-corrected chi connectivity index (χ0v) is 11.9. The summed E-state index contributed by atoms with van der Waals surface area (Å²) in [5.41, 5.74) is 7.63. The smallest absolute Gasteiger partial charge is 0.124 e. The number of nitrogens with two attached hydrogens (primary N) is 1. The fraction of sp³-hybridized carbons (Fsp3) is 0.533. The number of nitrogens with zero attached hydrogens (tertiary/aromatic N) is 2. The summed E-state index contributed by atoms with van der Waals surface area (Å²) in [5.74, 6) is 0.155. The van der Waals surface area contributed by atoms with E-state index < -0.39 is 0 Å². The summed E-state index contributed by atoms with van der Waals surface area (Å²) in [6, 6.07) is 8.59. The summed E-state index contributed by atoms with van der Waals surface area (Å²) in [6.45, 7) is 8.72. The minimum Gasteiger partial charge on any atom is -0.384 e. The van der Waals surface area contributed by atoms with Crippen molar-refractivity contribution >= 4 is 11.5 Å². The van der Waals surface area contributed by atoms with Gasteiger partial charge in [-0.1, -0.05) is 26.0 Å². The fourth-order valence-corrected chi connectivity index (χ4v) is 2.98. The summed E-state index contributed by atoms with van der Waals surface area (Å²) >= 11 is 0. The minimum absolute atomic E-state index is 0.155. The van der Waals surface area contributed by atoms with E-state index in [0.717, 1.165) is 37.4 Å². The van der Waals surface area contributed by atoms with Crippen molar-refractivity contribution in [2.45, 2.75) is 26.3 Å².